The molecule has 0 radical (unpaired) electrons. The lowest BCUT2D eigenvalue weighted by Crippen LogP contribution is -2.38. The summed E-state index contributed by atoms with van der Waals surface area (Å²) in [6.07, 6.45) is 6.53. The molecular formula is C17H24N6O. The number of nitrogens with zero attached hydrogens (tertiary/aromatic N) is 5. The van der Waals surface area contributed by atoms with Crippen molar-refractivity contribution in [2.24, 2.45) is 0 Å². The molecule has 7 heteroatoms. The average Bonchev–Trinajstić information content (AvgIpc) is 3.00. The third-order valence-electron chi connectivity index (χ3n) is 5.03. The summed E-state index contributed by atoms with van der Waals surface area (Å²) in [4.78, 5) is 14.7. The molecule has 2 aromatic heterocycles. The number of aromatic nitrogens is 5. The molecule has 3 heterocycles. The molecule has 2 aromatic rings. The van der Waals surface area contributed by atoms with E-state index in [-0.39, 0.29) is 11.9 Å². The van der Waals surface area contributed by atoms with Gasteiger partial charge in [-0.05, 0) is 37.7 Å². The Morgan fingerprint density at radius 2 is 2.21 bits per heavy atom. The van der Waals surface area contributed by atoms with Gasteiger partial charge in [0.05, 0.1) is 18.3 Å². The molecule has 1 saturated heterocycles. The third kappa shape index (κ3) is 2.95. The number of rotatable bonds is 5. The van der Waals surface area contributed by atoms with Crippen molar-refractivity contribution >= 4 is 5.91 Å². The summed E-state index contributed by atoms with van der Waals surface area (Å²) >= 11 is 0. The van der Waals surface area contributed by atoms with Crippen molar-refractivity contribution in [3.05, 3.63) is 29.3 Å². The molecule has 24 heavy (non-hydrogen) atoms. The lowest BCUT2D eigenvalue weighted by atomic mass is 10.1. The number of carbonyl (C=O) groups is 1. The Hall–Kier alpha value is -2.18. The van der Waals surface area contributed by atoms with Crippen molar-refractivity contribution < 1.29 is 4.79 Å². The van der Waals surface area contributed by atoms with E-state index in [0.717, 1.165) is 30.8 Å². The first-order chi connectivity index (χ1) is 11.6. The van der Waals surface area contributed by atoms with Crippen LogP contribution >= 0.6 is 0 Å². The maximum absolute atomic E-state index is 12.8. The first kappa shape index (κ1) is 15.4. The summed E-state index contributed by atoms with van der Waals surface area (Å²) in [6, 6.07) is 2.05. The predicted molar refractivity (Wildman–Crippen MR) is 88.7 cm³/mol. The fraction of sp³-hybridized carbons (Fsp3) is 0.647. The Morgan fingerprint density at radius 1 is 1.38 bits per heavy atom. The number of nitrogens with one attached hydrogen (secondary N) is 1. The summed E-state index contributed by atoms with van der Waals surface area (Å²) in [5, 5.41) is 15.7. The van der Waals surface area contributed by atoms with Crippen LogP contribution in [0.2, 0.25) is 0 Å². The van der Waals surface area contributed by atoms with Gasteiger partial charge < -0.3 is 4.90 Å². The second-order valence-corrected chi connectivity index (χ2v) is 7.30. The third-order valence-corrected chi connectivity index (χ3v) is 5.03. The first-order valence-electron chi connectivity index (χ1n) is 8.88. The Balaban J connectivity index is 1.45. The van der Waals surface area contributed by atoms with Crippen molar-refractivity contribution in [1.29, 1.82) is 0 Å². The van der Waals surface area contributed by atoms with Gasteiger partial charge in [-0.1, -0.05) is 19.1 Å². The Kier molecular flexibility index (Phi) is 3.86. The van der Waals surface area contributed by atoms with Gasteiger partial charge in [0.2, 0.25) is 0 Å². The summed E-state index contributed by atoms with van der Waals surface area (Å²) < 4.78 is 1.90. The molecular weight excluding hydrogens is 304 g/mol. The number of carbonyl (C=O) groups excluding carboxylic acids is 1. The lowest BCUT2D eigenvalue weighted by Gasteiger charge is -2.23. The maximum atomic E-state index is 12.8. The van der Waals surface area contributed by atoms with Crippen LogP contribution in [0.3, 0.4) is 0 Å². The highest BCUT2D eigenvalue weighted by Gasteiger charge is 2.32. The molecule has 2 aliphatic rings. The van der Waals surface area contributed by atoms with Gasteiger partial charge in [-0.2, -0.15) is 5.10 Å². The molecule has 2 fully saturated rings. The van der Waals surface area contributed by atoms with E-state index in [0.29, 0.717) is 24.1 Å². The summed E-state index contributed by atoms with van der Waals surface area (Å²) in [7, 11) is 0. The van der Waals surface area contributed by atoms with Crippen LogP contribution in [0.15, 0.2) is 12.3 Å². The highest BCUT2D eigenvalue weighted by atomic mass is 16.2. The van der Waals surface area contributed by atoms with Crippen molar-refractivity contribution in [3.63, 3.8) is 0 Å². The van der Waals surface area contributed by atoms with Crippen LogP contribution in [0.25, 0.3) is 0 Å². The standard InChI is InChI=1S/C17H24N6O/c1-11(2)14-8-15(19-18-14)17(24)23-7-3-4-13(23)9-22-10-16(20-21-22)12-5-6-12/h8,10-13H,3-7,9H2,1-2H3,(H,18,19)/t13-/m0/s1. The molecule has 1 aliphatic carbocycles. The predicted octanol–water partition coefficient (Wildman–Crippen LogP) is 2.31. The van der Waals surface area contributed by atoms with E-state index in [4.69, 9.17) is 0 Å². The SMILES string of the molecule is CC(C)c1cc(C(=O)N2CCC[C@H]2Cn2cc(C3CC3)nn2)n[nH]1. The molecule has 1 aliphatic heterocycles. The minimum atomic E-state index is 0.0168. The smallest absolute Gasteiger partial charge is 0.274 e. The van der Waals surface area contributed by atoms with Gasteiger partial charge in [0.1, 0.15) is 5.69 Å². The molecule has 1 atom stereocenters. The van der Waals surface area contributed by atoms with Crippen LogP contribution < -0.4 is 0 Å². The molecule has 0 spiro atoms. The van der Waals surface area contributed by atoms with Gasteiger partial charge in [-0.25, -0.2) is 0 Å². The Morgan fingerprint density at radius 3 is 2.92 bits per heavy atom. The summed E-state index contributed by atoms with van der Waals surface area (Å²) in [5.74, 6) is 0.964. The van der Waals surface area contributed by atoms with Gasteiger partial charge in [0, 0.05) is 24.4 Å². The molecule has 7 nitrogen and oxygen atoms in total. The fourth-order valence-electron chi connectivity index (χ4n) is 3.37. The number of H-pyrrole nitrogens is 1. The minimum absolute atomic E-state index is 0.0168. The molecule has 128 valence electrons. The van der Waals surface area contributed by atoms with E-state index >= 15 is 0 Å². The van der Waals surface area contributed by atoms with E-state index in [2.05, 4.69) is 34.4 Å². The average molecular weight is 328 g/mol. The quantitative estimate of drug-likeness (QED) is 0.913. The monoisotopic (exact) mass is 328 g/mol. The van der Waals surface area contributed by atoms with E-state index in [1.807, 2.05) is 21.8 Å². The zero-order chi connectivity index (χ0) is 16.7. The number of aromatic amines is 1. The zero-order valence-electron chi connectivity index (χ0n) is 14.3. The van der Waals surface area contributed by atoms with Crippen molar-refractivity contribution in [1.82, 2.24) is 30.1 Å². The van der Waals surface area contributed by atoms with E-state index in [1.54, 1.807) is 0 Å². The van der Waals surface area contributed by atoms with Crippen LogP contribution in [0, 0.1) is 0 Å². The Bertz CT molecular complexity index is 729. The van der Waals surface area contributed by atoms with E-state index in [9.17, 15) is 4.79 Å². The summed E-state index contributed by atoms with van der Waals surface area (Å²) in [6.45, 7) is 5.68. The van der Waals surface area contributed by atoms with Gasteiger partial charge in [-0.15, -0.1) is 5.10 Å². The van der Waals surface area contributed by atoms with Gasteiger partial charge in [0.15, 0.2) is 0 Å². The normalized spacial score (nSPS) is 21.0. The fourth-order valence-corrected chi connectivity index (χ4v) is 3.37. The van der Waals surface area contributed by atoms with Crippen LogP contribution in [0.4, 0.5) is 0 Å². The van der Waals surface area contributed by atoms with E-state index in [1.165, 1.54) is 12.8 Å². The van der Waals surface area contributed by atoms with Gasteiger partial charge in [-0.3, -0.25) is 14.6 Å². The van der Waals surface area contributed by atoms with Gasteiger partial charge in [0.25, 0.3) is 5.91 Å². The van der Waals surface area contributed by atoms with Crippen LogP contribution in [-0.4, -0.2) is 48.6 Å². The first-order valence-corrected chi connectivity index (χ1v) is 8.88. The van der Waals surface area contributed by atoms with Crippen molar-refractivity contribution in [2.75, 3.05) is 6.54 Å². The second-order valence-electron chi connectivity index (χ2n) is 7.30. The molecule has 0 aromatic carbocycles. The zero-order valence-corrected chi connectivity index (χ0v) is 14.3. The van der Waals surface area contributed by atoms with Crippen molar-refractivity contribution in [3.8, 4) is 0 Å². The number of amides is 1. The maximum Gasteiger partial charge on any atom is 0.274 e. The van der Waals surface area contributed by atoms with Crippen LogP contribution in [-0.2, 0) is 6.54 Å². The molecule has 0 bridgehead atoms. The molecule has 1 amide bonds. The van der Waals surface area contributed by atoms with Gasteiger partial charge >= 0.3 is 0 Å². The number of hydrogen-bond acceptors (Lipinski definition) is 4. The lowest BCUT2D eigenvalue weighted by molar-refractivity contribution is 0.0715. The molecule has 1 N–H and O–H groups in total. The molecule has 0 unspecified atom stereocenters. The number of likely N-dealkylation sites (tertiary alicyclic amines) is 1. The molecule has 4 rings (SSSR count). The highest BCUT2D eigenvalue weighted by molar-refractivity contribution is 5.92. The second kappa shape index (κ2) is 6.03. The molecule has 1 saturated carbocycles. The van der Waals surface area contributed by atoms with Crippen LogP contribution in [0.5, 0.6) is 0 Å². The topological polar surface area (TPSA) is 79.7 Å². The minimum Gasteiger partial charge on any atom is -0.332 e. The number of hydrogen-bond donors (Lipinski definition) is 1. The largest absolute Gasteiger partial charge is 0.332 e. The summed E-state index contributed by atoms with van der Waals surface area (Å²) in [5.41, 5.74) is 2.61. The van der Waals surface area contributed by atoms with Crippen molar-refractivity contribution in [2.45, 2.75) is 64.0 Å². The van der Waals surface area contributed by atoms with E-state index < -0.39 is 0 Å². The Labute approximate surface area is 141 Å². The van der Waals surface area contributed by atoms with Crippen LogP contribution in [0.1, 0.15) is 73.2 Å². The highest BCUT2D eigenvalue weighted by Crippen LogP contribution is 2.38.